The molecule has 90 valence electrons. The van der Waals surface area contributed by atoms with Gasteiger partial charge < -0.3 is 10.4 Å². The van der Waals surface area contributed by atoms with E-state index in [4.69, 9.17) is 0 Å². The summed E-state index contributed by atoms with van der Waals surface area (Å²) >= 11 is 0. The van der Waals surface area contributed by atoms with Crippen molar-refractivity contribution in [2.45, 2.75) is 46.3 Å². The average molecular weight is 221 g/mol. The number of aliphatic hydroxyl groups excluding tert-OH is 1. The highest BCUT2D eigenvalue weighted by atomic mass is 16.3. The zero-order valence-electron chi connectivity index (χ0n) is 10.7. The Morgan fingerprint density at radius 3 is 2.56 bits per heavy atom. The van der Waals surface area contributed by atoms with Gasteiger partial charge in [0.05, 0.1) is 6.10 Å². The molecular formula is C14H23NO. The fourth-order valence-electron chi connectivity index (χ4n) is 1.85. The molecule has 0 amide bonds. The quantitative estimate of drug-likeness (QED) is 0.801. The maximum absolute atomic E-state index is 9.19. The van der Waals surface area contributed by atoms with Crippen molar-refractivity contribution in [3.63, 3.8) is 0 Å². The van der Waals surface area contributed by atoms with Crippen LogP contribution in [-0.4, -0.2) is 17.8 Å². The number of aliphatic hydroxyl groups is 1. The second-order valence-corrected chi connectivity index (χ2v) is 4.67. The number of rotatable bonds is 5. The highest BCUT2D eigenvalue weighted by molar-refractivity contribution is 5.32. The molecule has 2 heteroatoms. The molecule has 0 fully saturated rings. The number of nitrogens with one attached hydrogen (secondary N) is 1. The van der Waals surface area contributed by atoms with Crippen molar-refractivity contribution in [3.8, 4) is 0 Å². The van der Waals surface area contributed by atoms with Gasteiger partial charge in [0.1, 0.15) is 0 Å². The second-order valence-electron chi connectivity index (χ2n) is 4.67. The molecule has 0 bridgehead atoms. The summed E-state index contributed by atoms with van der Waals surface area (Å²) in [6, 6.07) is 6.88. The molecule has 0 radical (unpaired) electrons. The first kappa shape index (κ1) is 13.2. The van der Waals surface area contributed by atoms with E-state index in [-0.39, 0.29) is 6.10 Å². The molecule has 0 saturated heterocycles. The first-order valence-corrected chi connectivity index (χ1v) is 5.99. The molecule has 0 aliphatic carbocycles. The fourth-order valence-corrected chi connectivity index (χ4v) is 1.85. The maximum Gasteiger partial charge on any atom is 0.0524 e. The van der Waals surface area contributed by atoms with Crippen LogP contribution in [0.2, 0.25) is 0 Å². The van der Waals surface area contributed by atoms with E-state index in [9.17, 15) is 5.11 Å². The lowest BCUT2D eigenvalue weighted by Crippen LogP contribution is -2.23. The van der Waals surface area contributed by atoms with Crippen LogP contribution >= 0.6 is 0 Å². The summed E-state index contributed by atoms with van der Waals surface area (Å²) in [5.74, 6) is 0. The molecule has 16 heavy (non-hydrogen) atoms. The van der Waals surface area contributed by atoms with Crippen LogP contribution in [0.3, 0.4) is 0 Å². The molecule has 0 heterocycles. The van der Waals surface area contributed by atoms with Crippen molar-refractivity contribution < 1.29 is 5.11 Å². The first-order valence-electron chi connectivity index (χ1n) is 5.99. The highest BCUT2D eigenvalue weighted by Crippen LogP contribution is 2.18. The van der Waals surface area contributed by atoms with Crippen LogP contribution in [0.1, 0.15) is 43.0 Å². The van der Waals surface area contributed by atoms with Crippen molar-refractivity contribution in [1.82, 2.24) is 5.32 Å². The van der Waals surface area contributed by atoms with E-state index in [1.165, 1.54) is 16.7 Å². The zero-order chi connectivity index (χ0) is 12.1. The van der Waals surface area contributed by atoms with Crippen LogP contribution in [0.5, 0.6) is 0 Å². The minimum absolute atomic E-state index is 0.224. The lowest BCUT2D eigenvalue weighted by molar-refractivity contribution is 0.182. The minimum atomic E-state index is -0.224. The number of benzene rings is 1. The lowest BCUT2D eigenvalue weighted by atomic mass is 10.00. The minimum Gasteiger partial charge on any atom is -0.393 e. The van der Waals surface area contributed by atoms with Gasteiger partial charge >= 0.3 is 0 Å². The molecule has 2 atom stereocenters. The summed E-state index contributed by atoms with van der Waals surface area (Å²) < 4.78 is 0. The molecule has 2 nitrogen and oxygen atoms in total. The van der Waals surface area contributed by atoms with E-state index in [0.717, 1.165) is 13.0 Å². The van der Waals surface area contributed by atoms with Crippen molar-refractivity contribution in [1.29, 1.82) is 0 Å². The lowest BCUT2D eigenvalue weighted by Gasteiger charge is -2.17. The Balaban J connectivity index is 2.58. The van der Waals surface area contributed by atoms with Gasteiger partial charge in [-0.3, -0.25) is 0 Å². The third kappa shape index (κ3) is 3.95. The van der Waals surface area contributed by atoms with Gasteiger partial charge in [0, 0.05) is 6.04 Å². The first-order chi connectivity index (χ1) is 7.50. The summed E-state index contributed by atoms with van der Waals surface area (Å²) in [6.07, 6.45) is 0.577. The summed E-state index contributed by atoms with van der Waals surface area (Å²) in [5, 5.41) is 12.6. The molecule has 0 saturated carbocycles. The topological polar surface area (TPSA) is 32.3 Å². The molecule has 1 aromatic rings. The van der Waals surface area contributed by atoms with Crippen molar-refractivity contribution in [2.75, 3.05) is 6.54 Å². The normalized spacial score (nSPS) is 14.8. The summed E-state index contributed by atoms with van der Waals surface area (Å²) in [5.41, 5.74) is 3.97. The van der Waals surface area contributed by atoms with E-state index in [1.807, 2.05) is 6.92 Å². The summed E-state index contributed by atoms with van der Waals surface area (Å²) in [4.78, 5) is 0. The molecule has 2 N–H and O–H groups in total. The van der Waals surface area contributed by atoms with Crippen molar-refractivity contribution in [3.05, 3.63) is 34.9 Å². The van der Waals surface area contributed by atoms with Gasteiger partial charge in [0.25, 0.3) is 0 Å². The van der Waals surface area contributed by atoms with Crippen LogP contribution in [0.4, 0.5) is 0 Å². The van der Waals surface area contributed by atoms with Gasteiger partial charge in [0.2, 0.25) is 0 Å². The largest absolute Gasteiger partial charge is 0.393 e. The van der Waals surface area contributed by atoms with Crippen LogP contribution in [-0.2, 0) is 0 Å². The summed E-state index contributed by atoms with van der Waals surface area (Å²) in [6.45, 7) is 9.10. The molecule has 1 aromatic carbocycles. The van der Waals surface area contributed by atoms with E-state index >= 15 is 0 Å². The van der Waals surface area contributed by atoms with E-state index in [1.54, 1.807) is 0 Å². The predicted molar refractivity (Wildman–Crippen MR) is 68.6 cm³/mol. The summed E-state index contributed by atoms with van der Waals surface area (Å²) in [7, 11) is 0. The SMILES string of the molecule is Cc1ccc(C)c(C(C)NCCC(C)O)c1. The van der Waals surface area contributed by atoms with Crippen molar-refractivity contribution in [2.24, 2.45) is 0 Å². The van der Waals surface area contributed by atoms with Gasteiger partial charge in [0.15, 0.2) is 0 Å². The van der Waals surface area contributed by atoms with E-state index in [0.29, 0.717) is 6.04 Å². The van der Waals surface area contributed by atoms with Crippen LogP contribution < -0.4 is 5.32 Å². The molecule has 0 aliphatic heterocycles. The van der Waals surface area contributed by atoms with Crippen molar-refractivity contribution >= 4 is 0 Å². The molecular weight excluding hydrogens is 198 g/mol. The average Bonchev–Trinajstić information content (AvgIpc) is 2.21. The molecule has 2 unspecified atom stereocenters. The molecule has 0 aliphatic rings. The second kappa shape index (κ2) is 6.02. The van der Waals surface area contributed by atoms with Crippen LogP contribution in [0, 0.1) is 13.8 Å². The molecule has 0 aromatic heterocycles. The molecule has 1 rings (SSSR count). The molecule has 0 spiro atoms. The Bertz CT molecular complexity index is 334. The number of hydrogen-bond donors (Lipinski definition) is 2. The third-order valence-electron chi connectivity index (χ3n) is 2.91. The third-order valence-corrected chi connectivity index (χ3v) is 2.91. The Morgan fingerprint density at radius 1 is 1.25 bits per heavy atom. The Morgan fingerprint density at radius 2 is 1.94 bits per heavy atom. The smallest absolute Gasteiger partial charge is 0.0524 e. The van der Waals surface area contributed by atoms with Gasteiger partial charge in [-0.1, -0.05) is 23.8 Å². The van der Waals surface area contributed by atoms with E-state index < -0.39 is 0 Å². The standard InChI is InChI=1S/C14H23NO/c1-10-5-6-11(2)14(9-10)13(4)15-8-7-12(3)16/h5-6,9,12-13,15-16H,7-8H2,1-4H3. The number of hydrogen-bond acceptors (Lipinski definition) is 2. The Kier molecular flexibility index (Phi) is 4.97. The van der Waals surface area contributed by atoms with Crippen LogP contribution in [0.15, 0.2) is 18.2 Å². The highest BCUT2D eigenvalue weighted by Gasteiger charge is 2.08. The number of aryl methyl sites for hydroxylation is 2. The van der Waals surface area contributed by atoms with Gasteiger partial charge in [-0.15, -0.1) is 0 Å². The van der Waals surface area contributed by atoms with E-state index in [2.05, 4.69) is 44.3 Å². The Hall–Kier alpha value is -0.860. The van der Waals surface area contributed by atoms with Gasteiger partial charge in [-0.25, -0.2) is 0 Å². The predicted octanol–water partition coefficient (Wildman–Crippen LogP) is 2.72. The fraction of sp³-hybridized carbons (Fsp3) is 0.571. The van der Waals surface area contributed by atoms with Crippen LogP contribution in [0.25, 0.3) is 0 Å². The monoisotopic (exact) mass is 221 g/mol. The Labute approximate surface area is 98.7 Å². The van der Waals surface area contributed by atoms with Gasteiger partial charge in [-0.2, -0.15) is 0 Å². The maximum atomic E-state index is 9.19. The van der Waals surface area contributed by atoms with Gasteiger partial charge in [-0.05, 0) is 51.8 Å². The zero-order valence-corrected chi connectivity index (χ0v) is 10.7.